The van der Waals surface area contributed by atoms with Gasteiger partial charge >= 0.3 is 5.97 Å². The molecule has 1 aromatic rings. The Morgan fingerprint density at radius 3 is 1.77 bits per heavy atom. The summed E-state index contributed by atoms with van der Waals surface area (Å²) in [7, 11) is 0.907. The topological polar surface area (TPSA) is 26.3 Å². The highest BCUT2D eigenvalue weighted by Crippen LogP contribution is 2.34. The van der Waals surface area contributed by atoms with Crippen molar-refractivity contribution in [3.05, 3.63) is 34.9 Å². The molecule has 0 unspecified atom stereocenters. The summed E-state index contributed by atoms with van der Waals surface area (Å²) < 4.78 is 4.98. The number of ether oxygens (including phenoxy) is 1. The highest BCUT2D eigenvalue weighted by atomic mass is 31.1. The van der Waals surface area contributed by atoms with Gasteiger partial charge in [0.05, 0.1) is 12.7 Å². The Balaban J connectivity index is 3.75. The predicted molar refractivity (Wildman–Crippen MR) is 115 cm³/mol. The molecule has 3 heteroatoms. The zero-order valence-corrected chi connectivity index (χ0v) is 19.1. The molecule has 144 valence electrons. The normalized spacial score (nSPS) is 12.7. The first kappa shape index (κ1) is 22.7. The minimum absolute atomic E-state index is 0.00913. The standard InChI is InChI=1S/C23H35O2P/c1-11-25-19(24)12-13-26-20-17(22(5,6)7)14-16(21(2,3)4)15-18(20)23(8,9)10/h12,14-15H,11H2,1-10H3. The Bertz CT molecular complexity index is 681. The second kappa shape index (κ2) is 8.12. The average Bonchev–Trinajstić information content (AvgIpc) is 2.43. The molecule has 1 rings (SSSR count). The summed E-state index contributed by atoms with van der Waals surface area (Å²) in [4.78, 5) is 11.6. The van der Waals surface area contributed by atoms with Crippen LogP contribution in [0.4, 0.5) is 0 Å². The van der Waals surface area contributed by atoms with E-state index in [4.69, 9.17) is 4.74 Å². The van der Waals surface area contributed by atoms with E-state index in [1.54, 1.807) is 0 Å². The van der Waals surface area contributed by atoms with Crippen molar-refractivity contribution in [1.29, 1.82) is 0 Å². The fraction of sp³-hybridized carbons (Fsp3) is 0.609. The average molecular weight is 375 g/mol. The molecule has 0 radical (unpaired) electrons. The molecule has 0 bridgehead atoms. The molecule has 0 atom stereocenters. The summed E-state index contributed by atoms with van der Waals surface area (Å²) in [5, 5.41) is 1.25. The van der Waals surface area contributed by atoms with E-state index in [9.17, 15) is 4.79 Å². The first-order valence-electron chi connectivity index (χ1n) is 9.33. The van der Waals surface area contributed by atoms with Gasteiger partial charge in [-0.05, 0) is 48.1 Å². The molecule has 0 spiro atoms. The first-order chi connectivity index (χ1) is 11.7. The molecule has 0 aromatic heterocycles. The Hall–Kier alpha value is -1.36. The van der Waals surface area contributed by atoms with Crippen molar-refractivity contribution in [3.63, 3.8) is 0 Å². The van der Waals surface area contributed by atoms with E-state index in [2.05, 4.69) is 79.9 Å². The van der Waals surface area contributed by atoms with Gasteiger partial charge in [-0.15, -0.1) is 0 Å². The van der Waals surface area contributed by atoms with E-state index in [-0.39, 0.29) is 22.2 Å². The van der Waals surface area contributed by atoms with Crippen LogP contribution < -0.4 is 5.30 Å². The van der Waals surface area contributed by atoms with E-state index in [1.807, 2.05) is 6.92 Å². The highest BCUT2D eigenvalue weighted by molar-refractivity contribution is 7.47. The summed E-state index contributed by atoms with van der Waals surface area (Å²) in [5.74, 6) is -0.332. The van der Waals surface area contributed by atoms with Crippen LogP contribution >= 0.6 is 8.20 Å². The van der Waals surface area contributed by atoms with Gasteiger partial charge in [0.25, 0.3) is 0 Å². The molecule has 0 heterocycles. The van der Waals surface area contributed by atoms with E-state index >= 15 is 0 Å². The summed E-state index contributed by atoms with van der Waals surface area (Å²) in [5.41, 5.74) is 7.23. The third kappa shape index (κ3) is 6.11. The van der Waals surface area contributed by atoms with Gasteiger partial charge < -0.3 is 4.74 Å². The number of carbonyl (C=O) groups excluding carboxylic acids is 1. The third-order valence-corrected chi connectivity index (χ3v) is 5.20. The lowest BCUT2D eigenvalue weighted by atomic mass is 9.75. The van der Waals surface area contributed by atoms with Crippen molar-refractivity contribution in [2.75, 3.05) is 6.61 Å². The molecule has 0 aliphatic rings. The molecular weight excluding hydrogens is 339 g/mol. The van der Waals surface area contributed by atoms with Gasteiger partial charge in [0.15, 0.2) is 0 Å². The number of rotatable bonds is 3. The van der Waals surface area contributed by atoms with E-state index in [0.717, 1.165) is 8.20 Å². The quantitative estimate of drug-likeness (QED) is 0.387. The maximum absolute atomic E-state index is 11.6. The zero-order chi connectivity index (χ0) is 20.3. The molecule has 0 fully saturated rings. The van der Waals surface area contributed by atoms with Crippen LogP contribution in [0, 0.1) is 0 Å². The Kier molecular flexibility index (Phi) is 7.08. The van der Waals surface area contributed by atoms with Crippen LogP contribution in [0.15, 0.2) is 18.2 Å². The van der Waals surface area contributed by atoms with Crippen molar-refractivity contribution in [1.82, 2.24) is 0 Å². The van der Waals surface area contributed by atoms with Gasteiger partial charge in [0.2, 0.25) is 0 Å². The van der Waals surface area contributed by atoms with Crippen molar-refractivity contribution < 1.29 is 9.53 Å². The number of hydrogen-bond donors (Lipinski definition) is 0. The second-order valence-electron chi connectivity index (χ2n) is 9.81. The molecule has 2 nitrogen and oxygen atoms in total. The van der Waals surface area contributed by atoms with Gasteiger partial charge in [-0.3, -0.25) is 0 Å². The van der Waals surface area contributed by atoms with Crippen LogP contribution in [0.2, 0.25) is 0 Å². The van der Waals surface area contributed by atoms with Crippen LogP contribution in [-0.4, -0.2) is 18.0 Å². The molecule has 0 aliphatic heterocycles. The van der Waals surface area contributed by atoms with Crippen molar-refractivity contribution in [2.24, 2.45) is 0 Å². The van der Waals surface area contributed by atoms with Gasteiger partial charge in [0, 0.05) is 5.30 Å². The second-order valence-corrected chi connectivity index (χ2v) is 10.7. The molecule has 0 N–H and O–H groups in total. The van der Waals surface area contributed by atoms with Crippen molar-refractivity contribution in [2.45, 2.75) is 85.5 Å². The smallest absolute Gasteiger partial charge is 0.338 e. The SMILES string of the molecule is CCOC(=O)C=C=Pc1c(C(C)(C)C)cc(C(C)(C)C)cc1C(C)(C)C. The minimum atomic E-state index is -0.332. The molecule has 0 saturated carbocycles. The third-order valence-electron chi connectivity index (χ3n) is 4.24. The van der Waals surface area contributed by atoms with Crippen molar-refractivity contribution >= 4 is 24.9 Å². The fourth-order valence-electron chi connectivity index (χ4n) is 2.66. The first-order valence-corrected chi connectivity index (χ1v) is 10.2. The number of benzene rings is 1. The van der Waals surface area contributed by atoms with Crippen LogP contribution in [-0.2, 0) is 25.8 Å². The number of carbonyl (C=O) groups is 1. The summed E-state index contributed by atoms with van der Waals surface area (Å²) >= 11 is 0. The molecule has 1 aromatic carbocycles. The molecule has 26 heavy (non-hydrogen) atoms. The maximum Gasteiger partial charge on any atom is 0.338 e. The van der Waals surface area contributed by atoms with Crippen LogP contribution in [0.3, 0.4) is 0 Å². The predicted octanol–water partition coefficient (Wildman–Crippen LogP) is 5.67. The van der Waals surface area contributed by atoms with Crippen LogP contribution in [0.1, 0.15) is 85.9 Å². The molecule has 0 amide bonds. The molecular formula is C23H35O2P. The maximum atomic E-state index is 11.6. The Morgan fingerprint density at radius 1 is 0.962 bits per heavy atom. The van der Waals surface area contributed by atoms with E-state index < -0.39 is 0 Å². The Morgan fingerprint density at radius 2 is 1.42 bits per heavy atom. The minimum Gasteiger partial charge on any atom is -0.462 e. The van der Waals surface area contributed by atoms with Gasteiger partial charge in [0.1, 0.15) is 0 Å². The van der Waals surface area contributed by atoms with Gasteiger partial charge in [-0.1, -0.05) is 79.9 Å². The zero-order valence-electron chi connectivity index (χ0n) is 18.2. The largest absolute Gasteiger partial charge is 0.462 e. The summed E-state index contributed by atoms with van der Waals surface area (Å²) in [6.07, 6.45) is 1.42. The van der Waals surface area contributed by atoms with Gasteiger partial charge in [-0.2, -0.15) is 0 Å². The summed E-state index contributed by atoms with van der Waals surface area (Å²) in [6.45, 7) is 22.4. The lowest BCUT2D eigenvalue weighted by Gasteiger charge is -2.32. The van der Waals surface area contributed by atoms with Crippen molar-refractivity contribution in [3.8, 4) is 0 Å². The lowest BCUT2D eigenvalue weighted by Crippen LogP contribution is -2.29. The molecule has 0 aliphatic carbocycles. The van der Waals surface area contributed by atoms with Crippen LogP contribution in [0.5, 0.6) is 0 Å². The number of esters is 1. The van der Waals surface area contributed by atoms with E-state index in [0.29, 0.717) is 6.61 Å². The Labute approximate surface area is 161 Å². The summed E-state index contributed by atoms with van der Waals surface area (Å²) in [6, 6.07) is 4.67. The van der Waals surface area contributed by atoms with Crippen LogP contribution in [0.25, 0.3) is 0 Å². The molecule has 0 saturated heterocycles. The van der Waals surface area contributed by atoms with Gasteiger partial charge in [-0.25, -0.2) is 4.79 Å². The lowest BCUT2D eigenvalue weighted by molar-refractivity contribution is -0.137. The highest BCUT2D eigenvalue weighted by Gasteiger charge is 2.28. The van der Waals surface area contributed by atoms with E-state index in [1.165, 1.54) is 28.1 Å². The fourth-order valence-corrected chi connectivity index (χ4v) is 4.00. The monoisotopic (exact) mass is 374 g/mol. The number of hydrogen-bond acceptors (Lipinski definition) is 2.